The predicted octanol–water partition coefficient (Wildman–Crippen LogP) is 4.35. The van der Waals surface area contributed by atoms with Gasteiger partial charge < -0.3 is 9.67 Å². The van der Waals surface area contributed by atoms with E-state index >= 15 is 0 Å². The number of rotatable bonds is 4. The molecule has 0 radical (unpaired) electrons. The van der Waals surface area contributed by atoms with Crippen LogP contribution in [-0.4, -0.2) is 15.6 Å². The van der Waals surface area contributed by atoms with Crippen LogP contribution in [0.4, 0.5) is 0 Å². The predicted molar refractivity (Wildman–Crippen MR) is 78.1 cm³/mol. The molecule has 4 heteroatoms. The van der Waals surface area contributed by atoms with Crippen LogP contribution in [0.25, 0.3) is 10.9 Å². The maximum absolute atomic E-state index is 11.5. The number of benzene rings is 1. The van der Waals surface area contributed by atoms with Crippen LogP contribution in [0, 0.1) is 12.8 Å². The standard InChI is InChI=1S/C15H18ClNO2/c1-9(2)7-8-17-13(15(18)19)10(3)11-5-4-6-12(16)14(11)17/h4-6,9H,7-8H2,1-3H3,(H,18,19). The number of halogens is 1. The summed E-state index contributed by atoms with van der Waals surface area (Å²) in [4.78, 5) is 11.5. The lowest BCUT2D eigenvalue weighted by Crippen LogP contribution is -2.11. The molecular weight excluding hydrogens is 262 g/mol. The van der Waals surface area contributed by atoms with Crippen molar-refractivity contribution in [3.05, 3.63) is 34.5 Å². The summed E-state index contributed by atoms with van der Waals surface area (Å²) in [5, 5.41) is 11.0. The van der Waals surface area contributed by atoms with Crippen molar-refractivity contribution in [2.24, 2.45) is 5.92 Å². The van der Waals surface area contributed by atoms with Crippen molar-refractivity contribution in [3.8, 4) is 0 Å². The molecule has 1 N–H and O–H groups in total. The van der Waals surface area contributed by atoms with Gasteiger partial charge in [0.15, 0.2) is 0 Å². The molecule has 0 spiro atoms. The number of nitrogens with zero attached hydrogens (tertiary/aromatic N) is 1. The number of aromatic nitrogens is 1. The SMILES string of the molecule is Cc1c(C(=O)O)n(CCC(C)C)c2c(Cl)cccc12. The number of carboxylic acid groups (broad SMARTS) is 1. The van der Waals surface area contributed by atoms with Crippen molar-refractivity contribution in [2.75, 3.05) is 0 Å². The van der Waals surface area contributed by atoms with Crippen molar-refractivity contribution >= 4 is 28.5 Å². The van der Waals surface area contributed by atoms with E-state index in [2.05, 4.69) is 13.8 Å². The quantitative estimate of drug-likeness (QED) is 0.904. The second-order valence-corrected chi connectivity index (χ2v) is 5.66. The van der Waals surface area contributed by atoms with Crippen LogP contribution in [0.15, 0.2) is 18.2 Å². The Kier molecular flexibility index (Phi) is 3.85. The molecule has 0 amide bonds. The topological polar surface area (TPSA) is 42.2 Å². The zero-order valence-corrected chi connectivity index (χ0v) is 12.2. The fourth-order valence-corrected chi connectivity index (χ4v) is 2.70. The van der Waals surface area contributed by atoms with Crippen LogP contribution in [0.3, 0.4) is 0 Å². The monoisotopic (exact) mass is 279 g/mol. The molecule has 0 aliphatic rings. The Morgan fingerprint density at radius 2 is 2.11 bits per heavy atom. The summed E-state index contributed by atoms with van der Waals surface area (Å²) in [5.41, 5.74) is 1.97. The number of carboxylic acids is 1. The fraction of sp³-hybridized carbons (Fsp3) is 0.400. The second kappa shape index (κ2) is 5.25. The Balaban J connectivity index is 2.69. The number of para-hydroxylation sites is 1. The van der Waals surface area contributed by atoms with Crippen LogP contribution in [0.5, 0.6) is 0 Å². The first kappa shape index (κ1) is 13.9. The van der Waals surface area contributed by atoms with Gasteiger partial charge in [-0.2, -0.15) is 0 Å². The summed E-state index contributed by atoms with van der Waals surface area (Å²) in [5.74, 6) is -0.379. The van der Waals surface area contributed by atoms with E-state index in [1.807, 2.05) is 23.6 Å². The summed E-state index contributed by atoms with van der Waals surface area (Å²) in [6.45, 7) is 6.77. The number of aryl methyl sites for hydroxylation is 2. The minimum Gasteiger partial charge on any atom is -0.477 e. The first-order valence-corrected chi connectivity index (χ1v) is 6.82. The molecule has 0 saturated heterocycles. The van der Waals surface area contributed by atoms with E-state index in [0.717, 1.165) is 22.9 Å². The Bertz CT molecular complexity index is 629. The van der Waals surface area contributed by atoms with Crippen molar-refractivity contribution in [1.29, 1.82) is 0 Å². The van der Waals surface area contributed by atoms with Gasteiger partial charge in [0, 0.05) is 11.9 Å². The van der Waals surface area contributed by atoms with Gasteiger partial charge in [0.1, 0.15) is 5.69 Å². The van der Waals surface area contributed by atoms with E-state index in [9.17, 15) is 9.90 Å². The van der Waals surface area contributed by atoms with Gasteiger partial charge in [0.25, 0.3) is 0 Å². The van der Waals surface area contributed by atoms with Gasteiger partial charge in [0.2, 0.25) is 0 Å². The largest absolute Gasteiger partial charge is 0.477 e. The highest BCUT2D eigenvalue weighted by Crippen LogP contribution is 2.31. The summed E-state index contributed by atoms with van der Waals surface area (Å²) in [6, 6.07) is 5.59. The van der Waals surface area contributed by atoms with Crippen LogP contribution < -0.4 is 0 Å². The zero-order chi connectivity index (χ0) is 14.2. The van der Waals surface area contributed by atoms with E-state index in [1.54, 1.807) is 6.07 Å². The molecule has 1 aromatic heterocycles. The van der Waals surface area contributed by atoms with Crippen molar-refractivity contribution in [3.63, 3.8) is 0 Å². The summed E-state index contributed by atoms with van der Waals surface area (Å²) in [7, 11) is 0. The maximum Gasteiger partial charge on any atom is 0.352 e. The lowest BCUT2D eigenvalue weighted by atomic mass is 10.1. The van der Waals surface area contributed by atoms with E-state index < -0.39 is 5.97 Å². The molecule has 0 fully saturated rings. The molecule has 2 rings (SSSR count). The number of aromatic carboxylic acids is 1. The highest BCUT2D eigenvalue weighted by molar-refractivity contribution is 6.35. The zero-order valence-electron chi connectivity index (χ0n) is 11.4. The summed E-state index contributed by atoms with van der Waals surface area (Å²) < 4.78 is 1.84. The third kappa shape index (κ3) is 2.47. The molecule has 1 heterocycles. The van der Waals surface area contributed by atoms with Gasteiger partial charge in [-0.25, -0.2) is 4.79 Å². The molecule has 102 valence electrons. The molecule has 2 aromatic rings. The van der Waals surface area contributed by atoms with E-state index in [1.165, 1.54) is 0 Å². The number of hydrogen-bond donors (Lipinski definition) is 1. The minimum atomic E-state index is -0.895. The van der Waals surface area contributed by atoms with Gasteiger partial charge >= 0.3 is 5.97 Å². The summed E-state index contributed by atoms with van der Waals surface area (Å²) in [6.07, 6.45) is 0.925. The smallest absolute Gasteiger partial charge is 0.352 e. The molecule has 0 unspecified atom stereocenters. The Labute approximate surface area is 117 Å². The Morgan fingerprint density at radius 3 is 2.68 bits per heavy atom. The average molecular weight is 280 g/mol. The van der Waals surface area contributed by atoms with E-state index in [0.29, 0.717) is 23.2 Å². The van der Waals surface area contributed by atoms with Crippen molar-refractivity contribution < 1.29 is 9.90 Å². The molecule has 0 aliphatic heterocycles. The molecule has 1 aromatic carbocycles. The van der Waals surface area contributed by atoms with Crippen LogP contribution >= 0.6 is 11.6 Å². The number of hydrogen-bond acceptors (Lipinski definition) is 1. The molecule has 0 atom stereocenters. The molecular formula is C15H18ClNO2. The molecule has 0 saturated carbocycles. The Morgan fingerprint density at radius 1 is 1.42 bits per heavy atom. The lowest BCUT2D eigenvalue weighted by Gasteiger charge is -2.11. The van der Waals surface area contributed by atoms with Gasteiger partial charge in [-0.3, -0.25) is 0 Å². The van der Waals surface area contributed by atoms with Gasteiger partial charge in [-0.15, -0.1) is 0 Å². The second-order valence-electron chi connectivity index (χ2n) is 5.25. The summed E-state index contributed by atoms with van der Waals surface area (Å²) >= 11 is 6.25. The van der Waals surface area contributed by atoms with Crippen molar-refractivity contribution in [1.82, 2.24) is 4.57 Å². The molecule has 0 aliphatic carbocycles. The van der Waals surface area contributed by atoms with Crippen LogP contribution in [0.1, 0.15) is 36.3 Å². The van der Waals surface area contributed by atoms with Crippen LogP contribution in [-0.2, 0) is 6.54 Å². The lowest BCUT2D eigenvalue weighted by molar-refractivity contribution is 0.0684. The first-order valence-electron chi connectivity index (χ1n) is 6.44. The third-order valence-corrected chi connectivity index (χ3v) is 3.72. The first-order chi connectivity index (χ1) is 8.93. The number of fused-ring (bicyclic) bond motifs is 1. The number of carbonyl (C=O) groups is 1. The Hall–Kier alpha value is -1.48. The van der Waals surface area contributed by atoms with Crippen molar-refractivity contribution in [2.45, 2.75) is 33.7 Å². The van der Waals surface area contributed by atoms with Gasteiger partial charge in [-0.1, -0.05) is 37.6 Å². The average Bonchev–Trinajstić information content (AvgIpc) is 2.61. The molecule has 0 bridgehead atoms. The third-order valence-electron chi connectivity index (χ3n) is 3.42. The van der Waals surface area contributed by atoms with Gasteiger partial charge in [-0.05, 0) is 30.9 Å². The van der Waals surface area contributed by atoms with Crippen LogP contribution in [0.2, 0.25) is 5.02 Å². The minimum absolute atomic E-state index is 0.351. The van der Waals surface area contributed by atoms with Gasteiger partial charge in [0.05, 0.1) is 10.5 Å². The highest BCUT2D eigenvalue weighted by atomic mass is 35.5. The maximum atomic E-state index is 11.5. The highest BCUT2D eigenvalue weighted by Gasteiger charge is 2.20. The molecule has 19 heavy (non-hydrogen) atoms. The normalized spacial score (nSPS) is 11.4. The van der Waals surface area contributed by atoms with E-state index in [-0.39, 0.29) is 0 Å². The molecule has 3 nitrogen and oxygen atoms in total. The van der Waals surface area contributed by atoms with E-state index in [4.69, 9.17) is 11.6 Å². The fourth-order valence-electron chi connectivity index (χ4n) is 2.42.